The summed E-state index contributed by atoms with van der Waals surface area (Å²) in [6.07, 6.45) is 0.822. The van der Waals surface area contributed by atoms with Gasteiger partial charge in [-0.25, -0.2) is 4.39 Å². The molecule has 2 aromatic carbocycles. The van der Waals surface area contributed by atoms with Gasteiger partial charge in [-0.3, -0.25) is 0 Å². The number of ether oxygens (including phenoxy) is 1. The van der Waals surface area contributed by atoms with Crippen LogP contribution in [-0.4, -0.2) is 6.61 Å². The molecule has 2 aromatic rings. The average molecular weight is 245 g/mol. The highest BCUT2D eigenvalue weighted by molar-refractivity contribution is 5.33. The van der Waals surface area contributed by atoms with Gasteiger partial charge in [0.1, 0.15) is 11.6 Å². The van der Waals surface area contributed by atoms with Crippen molar-refractivity contribution in [2.24, 2.45) is 5.73 Å². The zero-order chi connectivity index (χ0) is 12.8. The maximum Gasteiger partial charge on any atom is 0.123 e. The van der Waals surface area contributed by atoms with Gasteiger partial charge in [-0.2, -0.15) is 0 Å². The van der Waals surface area contributed by atoms with E-state index in [1.165, 1.54) is 17.7 Å². The quantitative estimate of drug-likeness (QED) is 0.879. The Morgan fingerprint density at radius 3 is 2.56 bits per heavy atom. The highest BCUT2D eigenvalue weighted by atomic mass is 19.1. The Morgan fingerprint density at radius 2 is 1.83 bits per heavy atom. The Labute approximate surface area is 106 Å². The molecule has 0 aliphatic rings. The van der Waals surface area contributed by atoms with Crippen LogP contribution >= 0.6 is 0 Å². The second kappa shape index (κ2) is 6.17. The number of hydrogen-bond acceptors (Lipinski definition) is 2. The van der Waals surface area contributed by atoms with Crippen LogP contribution in [-0.2, 0) is 13.0 Å². The predicted molar refractivity (Wildman–Crippen MR) is 69.9 cm³/mol. The molecule has 0 spiro atoms. The van der Waals surface area contributed by atoms with Gasteiger partial charge < -0.3 is 10.5 Å². The first-order chi connectivity index (χ1) is 8.79. The molecule has 0 amide bonds. The Kier molecular flexibility index (Phi) is 4.31. The molecule has 3 heteroatoms. The minimum atomic E-state index is -0.286. The molecule has 2 nitrogen and oxygen atoms in total. The molecular formula is C15H16FNO. The molecule has 0 atom stereocenters. The topological polar surface area (TPSA) is 35.2 Å². The lowest BCUT2D eigenvalue weighted by Gasteiger charge is -2.10. The van der Waals surface area contributed by atoms with Crippen LogP contribution in [0.15, 0.2) is 48.5 Å². The van der Waals surface area contributed by atoms with E-state index >= 15 is 0 Å². The molecule has 0 unspecified atom stereocenters. The molecule has 2 rings (SSSR count). The van der Waals surface area contributed by atoms with Crippen LogP contribution in [0.3, 0.4) is 0 Å². The highest BCUT2D eigenvalue weighted by Crippen LogP contribution is 2.19. The van der Waals surface area contributed by atoms with Crippen LogP contribution in [0, 0.1) is 5.82 Å². The molecule has 0 saturated carbocycles. The number of nitrogens with two attached hydrogens (primary N) is 1. The number of benzene rings is 2. The second-order valence-corrected chi connectivity index (χ2v) is 4.04. The smallest absolute Gasteiger partial charge is 0.123 e. The van der Waals surface area contributed by atoms with Gasteiger partial charge in [0.15, 0.2) is 0 Å². The number of rotatable bonds is 5. The van der Waals surface area contributed by atoms with E-state index in [4.69, 9.17) is 10.5 Å². The van der Waals surface area contributed by atoms with E-state index in [1.54, 1.807) is 6.07 Å². The monoisotopic (exact) mass is 245 g/mol. The summed E-state index contributed by atoms with van der Waals surface area (Å²) in [4.78, 5) is 0. The van der Waals surface area contributed by atoms with Crippen molar-refractivity contribution in [3.63, 3.8) is 0 Å². The molecule has 0 aromatic heterocycles. The van der Waals surface area contributed by atoms with E-state index in [9.17, 15) is 4.39 Å². The van der Waals surface area contributed by atoms with Crippen molar-refractivity contribution in [2.45, 2.75) is 13.0 Å². The molecule has 0 fully saturated rings. The molecule has 0 bridgehead atoms. The fourth-order valence-electron chi connectivity index (χ4n) is 1.77. The standard InChI is InChI=1S/C15H16FNO/c16-14-6-7-15(13(10-14)11-17)18-9-8-12-4-2-1-3-5-12/h1-7,10H,8-9,11,17H2. The summed E-state index contributed by atoms with van der Waals surface area (Å²) >= 11 is 0. The first-order valence-electron chi connectivity index (χ1n) is 5.95. The van der Waals surface area contributed by atoms with Crippen molar-refractivity contribution >= 4 is 0 Å². The summed E-state index contributed by atoms with van der Waals surface area (Å²) < 4.78 is 18.7. The number of halogens is 1. The zero-order valence-corrected chi connectivity index (χ0v) is 10.1. The third-order valence-electron chi connectivity index (χ3n) is 2.73. The van der Waals surface area contributed by atoms with Crippen molar-refractivity contribution in [2.75, 3.05) is 6.61 Å². The predicted octanol–water partition coefficient (Wildman–Crippen LogP) is 2.91. The Balaban J connectivity index is 1.94. The van der Waals surface area contributed by atoms with Crippen LogP contribution in [0.1, 0.15) is 11.1 Å². The fourth-order valence-corrected chi connectivity index (χ4v) is 1.77. The summed E-state index contributed by atoms with van der Waals surface area (Å²) in [6.45, 7) is 0.834. The average Bonchev–Trinajstić information content (AvgIpc) is 2.41. The van der Waals surface area contributed by atoms with Crippen molar-refractivity contribution < 1.29 is 9.13 Å². The molecule has 0 radical (unpaired) electrons. The number of hydrogen-bond donors (Lipinski definition) is 1. The van der Waals surface area contributed by atoms with Gasteiger partial charge in [-0.1, -0.05) is 30.3 Å². The van der Waals surface area contributed by atoms with Gasteiger partial charge in [-0.05, 0) is 23.8 Å². The van der Waals surface area contributed by atoms with E-state index < -0.39 is 0 Å². The van der Waals surface area contributed by atoms with Crippen molar-refractivity contribution in [1.29, 1.82) is 0 Å². The first kappa shape index (κ1) is 12.6. The maximum absolute atomic E-state index is 13.0. The van der Waals surface area contributed by atoms with Crippen molar-refractivity contribution in [1.82, 2.24) is 0 Å². The van der Waals surface area contributed by atoms with Crippen LogP contribution in [0.2, 0.25) is 0 Å². The molecule has 0 heterocycles. The van der Waals surface area contributed by atoms with Crippen LogP contribution in [0.5, 0.6) is 5.75 Å². The third kappa shape index (κ3) is 3.31. The van der Waals surface area contributed by atoms with Crippen molar-refractivity contribution in [3.8, 4) is 5.75 Å². The minimum absolute atomic E-state index is 0.276. The molecular weight excluding hydrogens is 229 g/mol. The summed E-state index contributed by atoms with van der Waals surface area (Å²) in [5, 5.41) is 0. The summed E-state index contributed by atoms with van der Waals surface area (Å²) in [6, 6.07) is 14.5. The summed E-state index contributed by atoms with van der Waals surface area (Å²) in [5.41, 5.74) is 7.47. The minimum Gasteiger partial charge on any atom is -0.493 e. The van der Waals surface area contributed by atoms with E-state index in [0.717, 1.165) is 6.42 Å². The molecule has 0 aliphatic carbocycles. The zero-order valence-electron chi connectivity index (χ0n) is 10.1. The lowest BCUT2D eigenvalue weighted by molar-refractivity contribution is 0.318. The van der Waals surface area contributed by atoms with E-state index in [0.29, 0.717) is 17.9 Å². The van der Waals surface area contributed by atoms with Gasteiger partial charge in [0, 0.05) is 18.5 Å². The summed E-state index contributed by atoms with van der Waals surface area (Å²) in [5.74, 6) is 0.376. The SMILES string of the molecule is NCc1cc(F)ccc1OCCc1ccccc1. The molecule has 94 valence electrons. The molecule has 0 aliphatic heterocycles. The van der Waals surface area contributed by atoms with Crippen molar-refractivity contribution in [3.05, 3.63) is 65.5 Å². The van der Waals surface area contributed by atoms with E-state index in [1.807, 2.05) is 18.2 Å². The van der Waals surface area contributed by atoms with Gasteiger partial charge >= 0.3 is 0 Å². The molecule has 2 N–H and O–H groups in total. The highest BCUT2D eigenvalue weighted by Gasteiger charge is 2.03. The Hall–Kier alpha value is -1.87. The van der Waals surface area contributed by atoms with Gasteiger partial charge in [0.25, 0.3) is 0 Å². The Bertz CT molecular complexity index is 499. The van der Waals surface area contributed by atoms with E-state index in [-0.39, 0.29) is 12.4 Å². The normalized spacial score (nSPS) is 10.3. The van der Waals surface area contributed by atoms with Crippen LogP contribution in [0.25, 0.3) is 0 Å². The van der Waals surface area contributed by atoms with Crippen LogP contribution in [0.4, 0.5) is 4.39 Å². The Morgan fingerprint density at radius 1 is 1.06 bits per heavy atom. The third-order valence-corrected chi connectivity index (χ3v) is 2.73. The lowest BCUT2D eigenvalue weighted by atomic mass is 10.1. The first-order valence-corrected chi connectivity index (χ1v) is 5.95. The lowest BCUT2D eigenvalue weighted by Crippen LogP contribution is -2.06. The van der Waals surface area contributed by atoms with Gasteiger partial charge in [-0.15, -0.1) is 0 Å². The van der Waals surface area contributed by atoms with Gasteiger partial charge in [0.05, 0.1) is 6.61 Å². The van der Waals surface area contributed by atoms with Crippen LogP contribution < -0.4 is 10.5 Å². The van der Waals surface area contributed by atoms with Gasteiger partial charge in [0.2, 0.25) is 0 Å². The molecule has 18 heavy (non-hydrogen) atoms. The molecule has 0 saturated heterocycles. The largest absolute Gasteiger partial charge is 0.493 e. The summed E-state index contributed by atoms with van der Waals surface area (Å²) in [7, 11) is 0. The van der Waals surface area contributed by atoms with E-state index in [2.05, 4.69) is 12.1 Å². The second-order valence-electron chi connectivity index (χ2n) is 4.04. The fraction of sp³-hybridized carbons (Fsp3) is 0.200. The maximum atomic E-state index is 13.0.